The number of benzene rings is 1. The zero-order chi connectivity index (χ0) is 21.2. The summed E-state index contributed by atoms with van der Waals surface area (Å²) >= 11 is 0. The molecule has 1 saturated carbocycles. The fourth-order valence-corrected chi connectivity index (χ4v) is 2.85. The van der Waals surface area contributed by atoms with Gasteiger partial charge in [0, 0.05) is 23.7 Å². The summed E-state index contributed by atoms with van der Waals surface area (Å²) in [6.07, 6.45) is -2.05. The van der Waals surface area contributed by atoms with Gasteiger partial charge in [-0.1, -0.05) is 31.1 Å². The number of rotatable bonds is 8. The predicted octanol–water partition coefficient (Wildman–Crippen LogP) is 4.63. The average Bonchev–Trinajstić information content (AvgIpc) is 3.38. The van der Waals surface area contributed by atoms with Crippen molar-refractivity contribution in [1.82, 2.24) is 15.8 Å². The Bertz CT molecular complexity index is 840. The predicted molar refractivity (Wildman–Crippen MR) is 103 cm³/mol. The Labute approximate surface area is 168 Å². The van der Waals surface area contributed by atoms with Crippen molar-refractivity contribution in [2.24, 2.45) is 11.8 Å². The zero-order valence-electron chi connectivity index (χ0n) is 16.8. The maximum atomic E-state index is 12.8. The highest BCUT2D eigenvalue weighted by Crippen LogP contribution is 2.33. The van der Waals surface area contributed by atoms with Crippen molar-refractivity contribution in [2.75, 3.05) is 6.54 Å². The second-order valence-electron chi connectivity index (χ2n) is 7.99. The van der Waals surface area contributed by atoms with Crippen LogP contribution < -0.4 is 10.6 Å². The van der Waals surface area contributed by atoms with Crippen LogP contribution in [0.5, 0.6) is 0 Å². The van der Waals surface area contributed by atoms with E-state index < -0.39 is 11.7 Å². The van der Waals surface area contributed by atoms with Crippen molar-refractivity contribution in [2.45, 2.75) is 52.4 Å². The number of hydrogen-bond donors (Lipinski definition) is 2. The first-order valence-corrected chi connectivity index (χ1v) is 9.84. The van der Waals surface area contributed by atoms with Gasteiger partial charge in [0.05, 0.1) is 5.56 Å². The lowest BCUT2D eigenvalue weighted by Crippen LogP contribution is -2.37. The van der Waals surface area contributed by atoms with Crippen molar-refractivity contribution >= 4 is 5.91 Å². The SMILES string of the molecule is CC(C)C(C)NC(=O)c1noc(-c2ccc(C(F)(F)F)cc2)c1CNCC1CC1. The van der Waals surface area contributed by atoms with Gasteiger partial charge in [-0.25, -0.2) is 0 Å². The minimum atomic E-state index is -4.41. The highest BCUT2D eigenvalue weighted by molar-refractivity contribution is 5.95. The summed E-state index contributed by atoms with van der Waals surface area (Å²) in [4.78, 5) is 12.7. The van der Waals surface area contributed by atoms with E-state index in [1.807, 2.05) is 20.8 Å². The van der Waals surface area contributed by atoms with Crippen LogP contribution >= 0.6 is 0 Å². The second-order valence-corrected chi connectivity index (χ2v) is 7.99. The van der Waals surface area contributed by atoms with Crippen LogP contribution in [0.1, 0.15) is 55.2 Å². The molecular formula is C21H26F3N3O2. The summed E-state index contributed by atoms with van der Waals surface area (Å²) in [5, 5.41) is 10.2. The Hall–Kier alpha value is -2.35. The third-order valence-electron chi connectivity index (χ3n) is 5.27. The van der Waals surface area contributed by atoms with Gasteiger partial charge in [0.15, 0.2) is 11.5 Å². The maximum absolute atomic E-state index is 12.8. The van der Waals surface area contributed by atoms with Crippen molar-refractivity contribution < 1.29 is 22.5 Å². The van der Waals surface area contributed by atoms with Crippen LogP contribution in [0.15, 0.2) is 28.8 Å². The Morgan fingerprint density at radius 1 is 1.21 bits per heavy atom. The van der Waals surface area contributed by atoms with Gasteiger partial charge in [-0.05, 0) is 50.3 Å². The number of halogens is 3. The molecule has 0 aliphatic heterocycles. The van der Waals surface area contributed by atoms with Crippen LogP contribution in [0.2, 0.25) is 0 Å². The number of nitrogens with one attached hydrogen (secondary N) is 2. The minimum absolute atomic E-state index is 0.0546. The number of carbonyl (C=O) groups is 1. The van der Waals surface area contributed by atoms with E-state index in [1.54, 1.807) is 0 Å². The first-order valence-electron chi connectivity index (χ1n) is 9.84. The molecule has 1 aliphatic rings. The first-order chi connectivity index (χ1) is 13.7. The van der Waals surface area contributed by atoms with Gasteiger partial charge in [-0.15, -0.1) is 0 Å². The highest BCUT2D eigenvalue weighted by Gasteiger charge is 2.31. The average molecular weight is 409 g/mol. The molecule has 0 spiro atoms. The van der Waals surface area contributed by atoms with Crippen LogP contribution in [0.4, 0.5) is 13.2 Å². The van der Waals surface area contributed by atoms with Crippen LogP contribution in [0.25, 0.3) is 11.3 Å². The summed E-state index contributed by atoms with van der Waals surface area (Å²) in [7, 11) is 0. The largest absolute Gasteiger partial charge is 0.416 e. The molecule has 29 heavy (non-hydrogen) atoms. The van der Waals surface area contributed by atoms with Crippen molar-refractivity contribution in [3.8, 4) is 11.3 Å². The van der Waals surface area contributed by atoms with Gasteiger partial charge in [0.25, 0.3) is 5.91 Å². The van der Waals surface area contributed by atoms with Gasteiger partial charge < -0.3 is 15.2 Å². The molecule has 1 unspecified atom stereocenters. The molecule has 0 saturated heterocycles. The smallest absolute Gasteiger partial charge is 0.355 e. The zero-order valence-corrected chi connectivity index (χ0v) is 16.8. The Morgan fingerprint density at radius 2 is 1.86 bits per heavy atom. The molecule has 1 atom stereocenters. The lowest BCUT2D eigenvalue weighted by molar-refractivity contribution is -0.137. The fourth-order valence-electron chi connectivity index (χ4n) is 2.85. The molecule has 2 aromatic rings. The van der Waals surface area contributed by atoms with Crippen LogP contribution in [0.3, 0.4) is 0 Å². The molecule has 3 rings (SSSR count). The summed E-state index contributed by atoms with van der Waals surface area (Å²) in [6.45, 7) is 7.08. The monoisotopic (exact) mass is 409 g/mol. The van der Waals surface area contributed by atoms with E-state index in [-0.39, 0.29) is 23.6 Å². The summed E-state index contributed by atoms with van der Waals surface area (Å²) in [5.74, 6) is 0.847. The molecule has 1 aromatic carbocycles. The lowest BCUT2D eigenvalue weighted by atomic mass is 10.0. The molecule has 1 amide bonds. The van der Waals surface area contributed by atoms with E-state index in [0.29, 0.717) is 29.3 Å². The van der Waals surface area contributed by atoms with E-state index in [0.717, 1.165) is 18.7 Å². The van der Waals surface area contributed by atoms with Crippen molar-refractivity contribution in [1.29, 1.82) is 0 Å². The van der Waals surface area contributed by atoms with E-state index >= 15 is 0 Å². The molecular weight excluding hydrogens is 383 g/mol. The third kappa shape index (κ3) is 5.38. The number of alkyl halides is 3. The molecule has 8 heteroatoms. The Morgan fingerprint density at radius 3 is 2.41 bits per heavy atom. The Kier molecular flexibility index (Phi) is 6.31. The molecule has 1 aliphatic carbocycles. The topological polar surface area (TPSA) is 67.2 Å². The number of amides is 1. The number of carbonyl (C=O) groups excluding carboxylic acids is 1. The van der Waals surface area contributed by atoms with E-state index in [2.05, 4.69) is 15.8 Å². The van der Waals surface area contributed by atoms with Crippen LogP contribution in [-0.2, 0) is 12.7 Å². The van der Waals surface area contributed by atoms with Gasteiger partial charge >= 0.3 is 6.18 Å². The molecule has 2 N–H and O–H groups in total. The normalized spacial score (nSPS) is 15.6. The molecule has 158 valence electrons. The maximum Gasteiger partial charge on any atom is 0.416 e. The number of aromatic nitrogens is 1. The van der Waals surface area contributed by atoms with Crippen molar-refractivity contribution in [3.63, 3.8) is 0 Å². The fraction of sp³-hybridized carbons (Fsp3) is 0.524. The molecule has 0 bridgehead atoms. The van der Waals surface area contributed by atoms with E-state index in [1.165, 1.54) is 25.0 Å². The van der Waals surface area contributed by atoms with Crippen LogP contribution in [-0.4, -0.2) is 23.7 Å². The first kappa shape index (κ1) is 21.4. The quantitative estimate of drug-likeness (QED) is 0.667. The third-order valence-corrected chi connectivity index (χ3v) is 5.27. The van der Waals surface area contributed by atoms with Crippen molar-refractivity contribution in [3.05, 3.63) is 41.1 Å². The summed E-state index contributed by atoms with van der Waals surface area (Å²) < 4.78 is 44.0. The molecule has 1 fully saturated rings. The van der Waals surface area contributed by atoms with Gasteiger partial charge in [0.2, 0.25) is 0 Å². The van der Waals surface area contributed by atoms with E-state index in [4.69, 9.17) is 4.52 Å². The lowest BCUT2D eigenvalue weighted by Gasteiger charge is -2.17. The summed E-state index contributed by atoms with van der Waals surface area (Å²) in [6, 6.07) is 4.62. The van der Waals surface area contributed by atoms with Crippen LogP contribution in [0, 0.1) is 11.8 Å². The molecule has 1 aromatic heterocycles. The molecule has 5 nitrogen and oxygen atoms in total. The number of hydrogen-bond acceptors (Lipinski definition) is 4. The van der Waals surface area contributed by atoms with Gasteiger partial charge in [-0.2, -0.15) is 13.2 Å². The van der Waals surface area contributed by atoms with Gasteiger partial charge in [0.1, 0.15) is 0 Å². The minimum Gasteiger partial charge on any atom is -0.355 e. The molecule has 0 radical (unpaired) electrons. The van der Waals surface area contributed by atoms with E-state index in [9.17, 15) is 18.0 Å². The second kappa shape index (κ2) is 8.57. The molecule has 1 heterocycles. The van der Waals surface area contributed by atoms with Gasteiger partial charge in [-0.3, -0.25) is 4.79 Å². The highest BCUT2D eigenvalue weighted by atomic mass is 19.4. The standard InChI is InChI=1S/C21H26F3N3O2/c1-12(2)13(3)26-20(28)18-17(11-25-10-14-4-5-14)19(29-27-18)15-6-8-16(9-7-15)21(22,23)24/h6-9,12-14,25H,4-5,10-11H2,1-3H3,(H,26,28). The summed E-state index contributed by atoms with van der Waals surface area (Å²) in [5.41, 5.74) is 0.428. The Balaban J connectivity index is 1.87. The number of nitrogens with zero attached hydrogens (tertiary/aromatic N) is 1.